The summed E-state index contributed by atoms with van der Waals surface area (Å²) in [6.07, 6.45) is -0.0458. The van der Waals surface area contributed by atoms with Crippen LogP contribution in [-0.4, -0.2) is 23.5 Å². The van der Waals surface area contributed by atoms with E-state index in [1.54, 1.807) is 16.8 Å². The lowest BCUT2D eigenvalue weighted by Gasteiger charge is -1.99. The van der Waals surface area contributed by atoms with Crippen LogP contribution in [0.25, 0.3) is 0 Å². The maximum Gasteiger partial charge on any atom is 0.305 e. The van der Waals surface area contributed by atoms with Crippen LogP contribution in [0.15, 0.2) is 16.8 Å². The topological polar surface area (TPSA) is 66.4 Å². The van der Waals surface area contributed by atoms with E-state index in [0.29, 0.717) is 5.56 Å². The van der Waals surface area contributed by atoms with Crippen LogP contribution in [0.2, 0.25) is 0 Å². The van der Waals surface area contributed by atoms with Crippen molar-refractivity contribution < 1.29 is 14.7 Å². The van der Waals surface area contributed by atoms with Crippen LogP contribution in [0.5, 0.6) is 0 Å². The molecule has 1 aromatic rings. The number of carboxylic acids is 1. The summed E-state index contributed by atoms with van der Waals surface area (Å²) in [6, 6.07) is 1.70. The number of rotatable bonds is 4. The van der Waals surface area contributed by atoms with Crippen molar-refractivity contribution in [1.82, 2.24) is 5.32 Å². The number of hydrogen-bond acceptors (Lipinski definition) is 3. The Hall–Kier alpha value is -1.36. The SMILES string of the molecule is O=C(O)CCNC(=O)c1ccsc1. The zero-order valence-electron chi connectivity index (χ0n) is 6.82. The normalized spacial score (nSPS) is 9.54. The van der Waals surface area contributed by atoms with Gasteiger partial charge >= 0.3 is 5.97 Å². The van der Waals surface area contributed by atoms with E-state index in [1.165, 1.54) is 11.3 Å². The second-order valence-corrected chi connectivity index (χ2v) is 3.19. The molecule has 2 N–H and O–H groups in total. The molecule has 1 rings (SSSR count). The first-order chi connectivity index (χ1) is 6.20. The predicted octanol–water partition coefficient (Wildman–Crippen LogP) is 0.953. The molecular formula is C8H9NO3S. The first-order valence-corrected chi connectivity index (χ1v) is 4.66. The summed E-state index contributed by atoms with van der Waals surface area (Å²) in [5.41, 5.74) is 0.579. The second-order valence-electron chi connectivity index (χ2n) is 2.41. The quantitative estimate of drug-likeness (QED) is 0.758. The molecule has 0 spiro atoms. The Balaban J connectivity index is 2.31. The smallest absolute Gasteiger partial charge is 0.305 e. The third-order valence-corrected chi connectivity index (χ3v) is 2.09. The van der Waals surface area contributed by atoms with Crippen molar-refractivity contribution in [2.45, 2.75) is 6.42 Å². The van der Waals surface area contributed by atoms with E-state index in [0.717, 1.165) is 0 Å². The summed E-state index contributed by atoms with van der Waals surface area (Å²) >= 11 is 1.43. The molecule has 1 aromatic heterocycles. The third kappa shape index (κ3) is 3.25. The predicted molar refractivity (Wildman–Crippen MR) is 48.9 cm³/mol. The van der Waals surface area contributed by atoms with Gasteiger partial charge < -0.3 is 10.4 Å². The molecule has 4 nitrogen and oxygen atoms in total. The fourth-order valence-corrected chi connectivity index (χ4v) is 1.41. The summed E-state index contributed by atoms with van der Waals surface area (Å²) in [6.45, 7) is 0.171. The number of hydrogen-bond donors (Lipinski definition) is 2. The Kier molecular flexibility index (Phi) is 3.45. The molecule has 0 atom stereocenters. The number of carbonyl (C=O) groups is 2. The van der Waals surface area contributed by atoms with Gasteiger partial charge in [-0.15, -0.1) is 0 Å². The van der Waals surface area contributed by atoms with E-state index in [4.69, 9.17) is 5.11 Å². The van der Waals surface area contributed by atoms with Gasteiger partial charge in [-0.2, -0.15) is 11.3 Å². The summed E-state index contributed by atoms with van der Waals surface area (Å²) in [7, 11) is 0. The molecule has 0 aliphatic rings. The summed E-state index contributed by atoms with van der Waals surface area (Å²) in [4.78, 5) is 21.3. The molecule has 0 bridgehead atoms. The second kappa shape index (κ2) is 4.61. The maximum atomic E-state index is 11.2. The van der Waals surface area contributed by atoms with Gasteiger partial charge in [0.15, 0.2) is 0 Å². The molecule has 0 radical (unpaired) electrons. The molecule has 0 aromatic carbocycles. The molecular weight excluding hydrogens is 190 g/mol. The Morgan fingerprint density at radius 1 is 1.54 bits per heavy atom. The zero-order valence-corrected chi connectivity index (χ0v) is 7.63. The largest absolute Gasteiger partial charge is 0.481 e. The minimum Gasteiger partial charge on any atom is -0.481 e. The van der Waals surface area contributed by atoms with Crippen molar-refractivity contribution in [2.75, 3.05) is 6.54 Å². The summed E-state index contributed by atoms with van der Waals surface area (Å²) in [5, 5.41) is 14.3. The van der Waals surface area contributed by atoms with Gasteiger partial charge in [0, 0.05) is 17.5 Å². The highest BCUT2D eigenvalue weighted by atomic mass is 32.1. The van der Waals surface area contributed by atoms with Crippen molar-refractivity contribution in [1.29, 1.82) is 0 Å². The van der Waals surface area contributed by atoms with Crippen LogP contribution >= 0.6 is 11.3 Å². The first kappa shape index (κ1) is 9.73. The van der Waals surface area contributed by atoms with Crippen molar-refractivity contribution >= 4 is 23.2 Å². The molecule has 0 aliphatic carbocycles. The number of carbonyl (C=O) groups excluding carboxylic acids is 1. The van der Waals surface area contributed by atoms with Crippen LogP contribution in [0, 0.1) is 0 Å². The Bertz CT molecular complexity index is 294. The molecule has 0 saturated carbocycles. The van der Waals surface area contributed by atoms with Crippen molar-refractivity contribution in [3.05, 3.63) is 22.4 Å². The summed E-state index contributed by atoms with van der Waals surface area (Å²) in [5.74, 6) is -1.13. The van der Waals surface area contributed by atoms with Gasteiger partial charge in [0.05, 0.1) is 6.42 Å². The van der Waals surface area contributed by atoms with Gasteiger partial charge in [0.1, 0.15) is 0 Å². The standard InChI is InChI=1S/C8H9NO3S/c10-7(11)1-3-9-8(12)6-2-4-13-5-6/h2,4-5H,1,3H2,(H,9,12)(H,10,11). The van der Waals surface area contributed by atoms with Gasteiger partial charge in [-0.05, 0) is 11.4 Å². The maximum absolute atomic E-state index is 11.2. The highest BCUT2D eigenvalue weighted by Gasteiger charge is 2.05. The third-order valence-electron chi connectivity index (χ3n) is 1.41. The number of carboxylic acid groups (broad SMARTS) is 1. The molecule has 0 aliphatic heterocycles. The van der Waals surface area contributed by atoms with Crippen molar-refractivity contribution in [3.63, 3.8) is 0 Å². The monoisotopic (exact) mass is 199 g/mol. The van der Waals surface area contributed by atoms with E-state index in [9.17, 15) is 9.59 Å². The minimum atomic E-state index is -0.911. The molecule has 0 fully saturated rings. The van der Waals surface area contributed by atoms with Gasteiger partial charge in [0.25, 0.3) is 5.91 Å². The Morgan fingerprint density at radius 3 is 2.85 bits per heavy atom. The average molecular weight is 199 g/mol. The van der Waals surface area contributed by atoms with Gasteiger partial charge in [-0.25, -0.2) is 0 Å². The molecule has 0 unspecified atom stereocenters. The lowest BCUT2D eigenvalue weighted by molar-refractivity contribution is -0.136. The molecule has 1 amide bonds. The lowest BCUT2D eigenvalue weighted by Crippen LogP contribution is -2.25. The van der Waals surface area contributed by atoms with E-state index < -0.39 is 5.97 Å². The van der Waals surface area contributed by atoms with E-state index in [-0.39, 0.29) is 18.9 Å². The molecule has 5 heteroatoms. The zero-order chi connectivity index (χ0) is 9.68. The van der Waals surface area contributed by atoms with E-state index >= 15 is 0 Å². The van der Waals surface area contributed by atoms with Crippen LogP contribution in [0.1, 0.15) is 16.8 Å². The molecule has 13 heavy (non-hydrogen) atoms. The van der Waals surface area contributed by atoms with Crippen LogP contribution < -0.4 is 5.32 Å². The molecule has 1 heterocycles. The van der Waals surface area contributed by atoms with Gasteiger partial charge in [-0.3, -0.25) is 9.59 Å². The van der Waals surface area contributed by atoms with Crippen molar-refractivity contribution in [2.24, 2.45) is 0 Å². The number of amides is 1. The van der Waals surface area contributed by atoms with Crippen molar-refractivity contribution in [3.8, 4) is 0 Å². The highest BCUT2D eigenvalue weighted by molar-refractivity contribution is 7.08. The number of aliphatic carboxylic acids is 1. The fraction of sp³-hybridized carbons (Fsp3) is 0.250. The number of thiophene rings is 1. The lowest BCUT2D eigenvalue weighted by atomic mass is 10.3. The molecule has 70 valence electrons. The minimum absolute atomic E-state index is 0.0458. The first-order valence-electron chi connectivity index (χ1n) is 3.72. The number of nitrogens with one attached hydrogen (secondary N) is 1. The van der Waals surface area contributed by atoms with Gasteiger partial charge in [-0.1, -0.05) is 0 Å². The highest BCUT2D eigenvalue weighted by Crippen LogP contribution is 2.04. The van der Waals surface area contributed by atoms with Gasteiger partial charge in [0.2, 0.25) is 0 Å². The van der Waals surface area contributed by atoms with Crippen LogP contribution in [0.3, 0.4) is 0 Å². The fourth-order valence-electron chi connectivity index (χ4n) is 0.779. The Labute approximate surface area is 79.2 Å². The van der Waals surface area contributed by atoms with Crippen LogP contribution in [0.4, 0.5) is 0 Å². The van der Waals surface area contributed by atoms with Crippen LogP contribution in [-0.2, 0) is 4.79 Å². The van der Waals surface area contributed by atoms with E-state index in [1.807, 2.05) is 0 Å². The average Bonchev–Trinajstić information content (AvgIpc) is 2.55. The molecule has 0 saturated heterocycles. The summed E-state index contributed by atoms with van der Waals surface area (Å²) < 4.78 is 0. The van der Waals surface area contributed by atoms with E-state index in [2.05, 4.69) is 5.32 Å². The Morgan fingerprint density at radius 2 is 2.31 bits per heavy atom.